The number of para-hydroxylation sites is 1. The van der Waals surface area contributed by atoms with Crippen molar-refractivity contribution in [2.24, 2.45) is 0 Å². The summed E-state index contributed by atoms with van der Waals surface area (Å²) in [5.41, 5.74) is 6.55. The minimum atomic E-state index is -1.02. The average molecular weight is 647 g/mol. The van der Waals surface area contributed by atoms with Crippen molar-refractivity contribution in [3.63, 3.8) is 0 Å². The van der Waals surface area contributed by atoms with Crippen molar-refractivity contribution < 1.29 is 24.2 Å². The first-order chi connectivity index (χ1) is 23.2. The first-order valence-electron chi connectivity index (χ1n) is 17.0. The quantitative estimate of drug-likeness (QED) is 0.175. The molecule has 0 bridgehead atoms. The third-order valence-corrected chi connectivity index (χ3v) is 10.3. The molecule has 4 aromatic rings. The Morgan fingerprint density at radius 3 is 2.44 bits per heavy atom. The topological polar surface area (TPSA) is 113 Å². The number of carboxylic acids is 1. The van der Waals surface area contributed by atoms with E-state index in [4.69, 9.17) is 9.84 Å². The largest absolute Gasteiger partial charge is 0.489 e. The number of hydrogen-bond donors (Lipinski definition) is 3. The number of rotatable bonds is 8. The van der Waals surface area contributed by atoms with Crippen LogP contribution >= 0.6 is 0 Å². The maximum absolute atomic E-state index is 13.9. The Bertz CT molecular complexity index is 1910. The van der Waals surface area contributed by atoms with Gasteiger partial charge in [-0.1, -0.05) is 43.5 Å². The van der Waals surface area contributed by atoms with E-state index >= 15 is 0 Å². The van der Waals surface area contributed by atoms with E-state index < -0.39 is 11.5 Å². The standard InChI is InChI=1S/C39H42N4O5/c1-42(2)31-11-6-10-30-35-34(26-8-4-3-5-9-26)29-18-15-27(24-32(29)43(35)22-23-48-36(30)31)37(46)41-39(20-7-21-39)38(47)40-28-16-12-25(13-17-28)14-19-33(44)45/h6,10-19,24,26H,3-5,7-9,20-23H2,1-2H3,(H,40,47)(H,41,46)(H,44,45). The van der Waals surface area contributed by atoms with Gasteiger partial charge in [-0.3, -0.25) is 9.59 Å². The lowest BCUT2D eigenvalue weighted by Gasteiger charge is -2.40. The molecule has 2 amide bonds. The molecule has 0 radical (unpaired) electrons. The number of nitrogens with one attached hydrogen (secondary N) is 2. The molecule has 2 saturated carbocycles. The van der Waals surface area contributed by atoms with Crippen molar-refractivity contribution >= 4 is 46.1 Å². The van der Waals surface area contributed by atoms with E-state index in [1.165, 1.54) is 42.0 Å². The van der Waals surface area contributed by atoms with Gasteiger partial charge in [0, 0.05) is 47.9 Å². The summed E-state index contributed by atoms with van der Waals surface area (Å²) in [5.74, 6) is -0.197. The highest BCUT2D eigenvalue weighted by Gasteiger charge is 2.45. The van der Waals surface area contributed by atoms with Crippen LogP contribution in [0.1, 0.15) is 78.8 Å². The van der Waals surface area contributed by atoms with E-state index in [0.717, 1.165) is 47.9 Å². The lowest BCUT2D eigenvalue weighted by molar-refractivity contribution is -0.131. The fraction of sp³-hybridized carbons (Fsp3) is 0.359. The molecule has 9 nitrogen and oxygen atoms in total. The first kappa shape index (κ1) is 31.5. The van der Waals surface area contributed by atoms with E-state index in [9.17, 15) is 14.4 Å². The molecule has 0 unspecified atom stereocenters. The Morgan fingerprint density at radius 1 is 0.979 bits per heavy atom. The van der Waals surface area contributed by atoms with Crippen LogP contribution in [-0.4, -0.2) is 53.7 Å². The van der Waals surface area contributed by atoms with Crippen LogP contribution in [0.3, 0.4) is 0 Å². The summed E-state index contributed by atoms with van der Waals surface area (Å²) in [6.07, 6.45) is 10.5. The number of anilines is 2. The molecule has 0 saturated heterocycles. The minimum absolute atomic E-state index is 0.251. The highest BCUT2D eigenvalue weighted by molar-refractivity contribution is 6.06. The van der Waals surface area contributed by atoms with Gasteiger partial charge < -0.3 is 29.9 Å². The number of benzene rings is 3. The van der Waals surface area contributed by atoms with Gasteiger partial charge in [0.25, 0.3) is 5.91 Å². The number of aromatic nitrogens is 1. The molecule has 2 heterocycles. The van der Waals surface area contributed by atoms with Gasteiger partial charge in [-0.05, 0) is 91.6 Å². The Labute approximate surface area is 280 Å². The Balaban J connectivity index is 1.21. The molecular weight excluding hydrogens is 604 g/mol. The number of amides is 2. The molecule has 7 rings (SSSR count). The fourth-order valence-corrected chi connectivity index (χ4v) is 7.62. The summed E-state index contributed by atoms with van der Waals surface area (Å²) in [7, 11) is 4.08. The van der Waals surface area contributed by atoms with Crippen molar-refractivity contribution in [3.05, 3.63) is 83.4 Å². The summed E-state index contributed by atoms with van der Waals surface area (Å²) >= 11 is 0. The van der Waals surface area contributed by atoms with Gasteiger partial charge in [0.15, 0.2) is 5.75 Å². The molecule has 3 aromatic carbocycles. The Morgan fingerprint density at radius 2 is 1.75 bits per heavy atom. The number of ether oxygens (including phenoxy) is 1. The van der Waals surface area contributed by atoms with Crippen LogP contribution in [0, 0.1) is 0 Å². The number of fused-ring (bicyclic) bond motifs is 5. The van der Waals surface area contributed by atoms with E-state index in [1.807, 2.05) is 26.2 Å². The maximum atomic E-state index is 13.9. The van der Waals surface area contributed by atoms with Crippen molar-refractivity contribution in [3.8, 4) is 17.0 Å². The van der Waals surface area contributed by atoms with E-state index in [1.54, 1.807) is 24.3 Å². The molecular formula is C39H42N4O5. The highest BCUT2D eigenvalue weighted by Crippen LogP contribution is 2.49. The molecule has 0 spiro atoms. The molecule has 9 heteroatoms. The van der Waals surface area contributed by atoms with E-state index in [0.29, 0.717) is 48.7 Å². The fourth-order valence-electron chi connectivity index (χ4n) is 7.62. The van der Waals surface area contributed by atoms with Crippen LogP contribution in [0.2, 0.25) is 0 Å². The summed E-state index contributed by atoms with van der Waals surface area (Å²) in [6, 6.07) is 19.3. The number of carboxylic acid groups (broad SMARTS) is 1. The zero-order valence-electron chi connectivity index (χ0n) is 27.6. The zero-order chi connectivity index (χ0) is 33.4. The molecule has 0 atom stereocenters. The zero-order valence-corrected chi connectivity index (χ0v) is 27.6. The normalized spacial score (nSPS) is 17.0. The van der Waals surface area contributed by atoms with Crippen LogP contribution in [0.5, 0.6) is 5.75 Å². The smallest absolute Gasteiger partial charge is 0.328 e. The van der Waals surface area contributed by atoms with Crippen molar-refractivity contribution in [1.82, 2.24) is 9.88 Å². The van der Waals surface area contributed by atoms with E-state index in [-0.39, 0.29) is 11.8 Å². The van der Waals surface area contributed by atoms with Gasteiger partial charge in [0.2, 0.25) is 5.91 Å². The van der Waals surface area contributed by atoms with Gasteiger partial charge in [-0.15, -0.1) is 0 Å². The summed E-state index contributed by atoms with van der Waals surface area (Å²) in [4.78, 5) is 40.4. The Kier molecular flexibility index (Phi) is 8.45. The van der Waals surface area contributed by atoms with Crippen LogP contribution in [0.25, 0.3) is 28.2 Å². The third-order valence-electron chi connectivity index (χ3n) is 10.3. The van der Waals surface area contributed by atoms with Gasteiger partial charge in [0.1, 0.15) is 12.1 Å². The summed E-state index contributed by atoms with van der Waals surface area (Å²) in [5, 5.41) is 16.1. The third kappa shape index (κ3) is 5.82. The molecule has 2 aliphatic carbocycles. The molecule has 2 fully saturated rings. The number of carbonyl (C=O) groups excluding carboxylic acids is 2. The van der Waals surface area contributed by atoms with Crippen molar-refractivity contribution in [2.75, 3.05) is 30.9 Å². The summed E-state index contributed by atoms with van der Waals surface area (Å²) < 4.78 is 8.78. The van der Waals surface area contributed by atoms with Gasteiger partial charge >= 0.3 is 5.97 Å². The molecule has 1 aromatic heterocycles. The Hall–Kier alpha value is -5.05. The first-order valence-corrected chi connectivity index (χ1v) is 17.0. The van der Waals surface area contributed by atoms with Crippen LogP contribution in [0.4, 0.5) is 11.4 Å². The summed E-state index contributed by atoms with van der Waals surface area (Å²) in [6.45, 7) is 1.19. The van der Waals surface area contributed by atoms with Crippen LogP contribution in [-0.2, 0) is 16.1 Å². The molecule has 3 N–H and O–H groups in total. The predicted molar refractivity (Wildman–Crippen MR) is 189 cm³/mol. The molecule has 3 aliphatic rings. The molecule has 48 heavy (non-hydrogen) atoms. The average Bonchev–Trinajstić information content (AvgIpc) is 3.26. The van der Waals surface area contributed by atoms with Gasteiger partial charge in [0.05, 0.1) is 17.9 Å². The number of aliphatic carboxylic acids is 1. The predicted octanol–water partition coefficient (Wildman–Crippen LogP) is 7.20. The lowest BCUT2D eigenvalue weighted by atomic mass is 9.75. The number of nitrogens with zero attached hydrogens (tertiary/aromatic N) is 2. The monoisotopic (exact) mass is 646 g/mol. The van der Waals surface area contributed by atoms with Crippen LogP contribution in [0.15, 0.2) is 66.7 Å². The van der Waals surface area contributed by atoms with Crippen LogP contribution < -0.4 is 20.3 Å². The van der Waals surface area contributed by atoms with Gasteiger partial charge in [-0.25, -0.2) is 4.79 Å². The second kappa shape index (κ2) is 12.9. The molecule has 248 valence electrons. The van der Waals surface area contributed by atoms with E-state index in [2.05, 4.69) is 44.4 Å². The second-order valence-corrected chi connectivity index (χ2v) is 13.5. The SMILES string of the molecule is CN(C)c1cccc2c1OCCn1c-2c(C2CCCCC2)c2ccc(C(=O)NC3(C(=O)Nc4ccc(C=CC(=O)O)cc4)CCC3)cc21. The maximum Gasteiger partial charge on any atom is 0.328 e. The lowest BCUT2D eigenvalue weighted by Crippen LogP contribution is -2.61. The van der Waals surface area contributed by atoms with Crippen molar-refractivity contribution in [2.45, 2.75) is 69.4 Å². The number of hydrogen-bond acceptors (Lipinski definition) is 5. The number of carbonyl (C=O) groups is 3. The second-order valence-electron chi connectivity index (χ2n) is 13.5. The highest BCUT2D eigenvalue weighted by atomic mass is 16.5. The molecule has 1 aliphatic heterocycles. The van der Waals surface area contributed by atoms with Crippen molar-refractivity contribution in [1.29, 1.82) is 0 Å². The van der Waals surface area contributed by atoms with Gasteiger partial charge in [-0.2, -0.15) is 0 Å². The minimum Gasteiger partial charge on any atom is -0.489 e.